The average molecular weight is 379 g/mol. The maximum atomic E-state index is 9.17. The van der Waals surface area contributed by atoms with E-state index in [0.29, 0.717) is 5.75 Å². The molecule has 0 amide bonds. The Hall–Kier alpha value is -3.08. The van der Waals surface area contributed by atoms with Gasteiger partial charge in [0.05, 0.1) is 0 Å². The highest BCUT2D eigenvalue weighted by molar-refractivity contribution is 7.26. The van der Waals surface area contributed by atoms with Gasteiger partial charge in [0.15, 0.2) is 0 Å². The topological polar surface area (TPSA) is 29.5 Å². The van der Waals surface area contributed by atoms with E-state index in [1.807, 2.05) is 36.4 Å². The van der Waals surface area contributed by atoms with Crippen LogP contribution in [0.3, 0.4) is 0 Å². The maximum absolute atomic E-state index is 9.17. The lowest BCUT2D eigenvalue weighted by atomic mass is 10.00. The highest BCUT2D eigenvalue weighted by Crippen LogP contribution is 2.45. The summed E-state index contributed by atoms with van der Waals surface area (Å²) in [6.07, 6.45) is 0. The summed E-state index contributed by atoms with van der Waals surface area (Å²) in [5.41, 5.74) is 4.68. The summed E-state index contributed by atoms with van der Waals surface area (Å²) in [6, 6.07) is 31.2. The third-order valence-electron chi connectivity index (χ3n) is 4.93. The molecule has 5 aromatic rings. The van der Waals surface area contributed by atoms with E-state index < -0.39 is 0 Å². The second kappa shape index (κ2) is 7.15. The van der Waals surface area contributed by atoms with Gasteiger partial charge in [-0.1, -0.05) is 78.9 Å². The van der Waals surface area contributed by atoms with E-state index in [-0.39, 0.29) is 0 Å². The number of thiophene rings is 1. The number of fused-ring (bicyclic) bond motifs is 3. The van der Waals surface area contributed by atoms with Crippen LogP contribution in [0.5, 0.6) is 5.75 Å². The molecule has 0 spiro atoms. The van der Waals surface area contributed by atoms with Crippen molar-refractivity contribution in [1.82, 2.24) is 0 Å². The Kier molecular flexibility index (Phi) is 4.36. The van der Waals surface area contributed by atoms with Crippen LogP contribution in [-0.2, 0) is 0 Å². The number of rotatable bonds is 4. The molecule has 0 unspecified atom stereocenters. The molecular formula is C24H16BO2S. The second-order valence-electron chi connectivity index (χ2n) is 6.59. The minimum absolute atomic E-state index is 0.624. The van der Waals surface area contributed by atoms with Crippen molar-refractivity contribution in [3.05, 3.63) is 91.0 Å². The lowest BCUT2D eigenvalue weighted by molar-refractivity contribution is 0.454. The number of benzene rings is 4. The Bertz CT molecular complexity index is 1260. The minimum Gasteiger partial charge on any atom is -0.537 e. The molecule has 2 nitrogen and oxygen atoms in total. The van der Waals surface area contributed by atoms with Crippen molar-refractivity contribution in [1.29, 1.82) is 0 Å². The second-order valence-corrected chi connectivity index (χ2v) is 7.61. The van der Waals surface area contributed by atoms with Crippen LogP contribution in [0, 0.1) is 0 Å². The predicted octanol–water partition coefficient (Wildman–Crippen LogP) is 6.29. The van der Waals surface area contributed by atoms with E-state index in [9.17, 15) is 0 Å². The maximum Gasteiger partial charge on any atom is 0.569 e. The lowest BCUT2D eigenvalue weighted by Crippen LogP contribution is -1.99. The van der Waals surface area contributed by atoms with Gasteiger partial charge in [-0.15, -0.1) is 11.3 Å². The van der Waals surface area contributed by atoms with E-state index in [1.54, 1.807) is 11.3 Å². The molecule has 0 aliphatic heterocycles. The molecule has 1 heterocycles. The third kappa shape index (κ3) is 2.87. The number of hydrogen-bond donors (Lipinski definition) is 1. The van der Waals surface area contributed by atoms with Gasteiger partial charge < -0.3 is 9.68 Å². The van der Waals surface area contributed by atoms with Gasteiger partial charge in [-0.05, 0) is 28.8 Å². The highest BCUT2D eigenvalue weighted by Gasteiger charge is 2.15. The Morgan fingerprint density at radius 2 is 1.29 bits per heavy atom. The van der Waals surface area contributed by atoms with Crippen LogP contribution in [0.2, 0.25) is 0 Å². The summed E-state index contributed by atoms with van der Waals surface area (Å²) in [4.78, 5) is 0. The first-order valence-electron chi connectivity index (χ1n) is 9.08. The molecule has 0 aliphatic carbocycles. The van der Waals surface area contributed by atoms with Crippen molar-refractivity contribution in [2.24, 2.45) is 0 Å². The molecular weight excluding hydrogens is 363 g/mol. The fraction of sp³-hybridized carbons (Fsp3) is 0. The standard InChI is InChI=1S/C24H16BO2S/c26-25-27-18-14-21(17-10-5-2-6-11-17)24-22(15-18)20-13-7-12-19(23(20)28-24)16-8-3-1-4-9-16/h1-15,26H. The van der Waals surface area contributed by atoms with E-state index >= 15 is 0 Å². The largest absolute Gasteiger partial charge is 0.569 e. The molecule has 0 bridgehead atoms. The minimum atomic E-state index is 0.624. The molecule has 0 saturated heterocycles. The quantitative estimate of drug-likeness (QED) is 0.372. The van der Waals surface area contributed by atoms with Gasteiger partial charge in [0, 0.05) is 25.7 Å². The third-order valence-corrected chi connectivity index (χ3v) is 6.22. The summed E-state index contributed by atoms with van der Waals surface area (Å²) in [5.74, 6) is 0.624. The summed E-state index contributed by atoms with van der Waals surface area (Å²) in [7, 11) is 0.736. The lowest BCUT2D eigenvalue weighted by Gasteiger charge is -2.08. The van der Waals surface area contributed by atoms with Crippen molar-refractivity contribution in [2.45, 2.75) is 0 Å². The van der Waals surface area contributed by atoms with E-state index in [1.165, 1.54) is 25.9 Å². The van der Waals surface area contributed by atoms with Gasteiger partial charge >= 0.3 is 7.69 Å². The SMILES string of the molecule is O[B]Oc1cc(-c2ccccc2)c2sc3c(-c4ccccc4)cccc3c2c1. The molecule has 5 rings (SSSR count). The Balaban J connectivity index is 1.85. The summed E-state index contributed by atoms with van der Waals surface area (Å²) in [6.45, 7) is 0. The summed E-state index contributed by atoms with van der Waals surface area (Å²) >= 11 is 1.80. The van der Waals surface area contributed by atoms with Crippen LogP contribution in [0.15, 0.2) is 91.0 Å². The highest BCUT2D eigenvalue weighted by atomic mass is 32.1. The zero-order chi connectivity index (χ0) is 18.9. The summed E-state index contributed by atoms with van der Waals surface area (Å²) in [5, 5.41) is 11.5. The van der Waals surface area contributed by atoms with Crippen molar-refractivity contribution in [3.8, 4) is 28.0 Å². The van der Waals surface area contributed by atoms with E-state index in [0.717, 1.165) is 24.2 Å². The van der Waals surface area contributed by atoms with E-state index in [2.05, 4.69) is 54.6 Å². The molecule has 1 radical (unpaired) electrons. The van der Waals surface area contributed by atoms with Crippen molar-refractivity contribution >= 4 is 39.2 Å². The van der Waals surface area contributed by atoms with Crippen LogP contribution in [0.25, 0.3) is 42.4 Å². The fourth-order valence-electron chi connectivity index (χ4n) is 3.68. The zero-order valence-corrected chi connectivity index (χ0v) is 15.8. The first-order chi connectivity index (χ1) is 13.8. The predicted molar refractivity (Wildman–Crippen MR) is 119 cm³/mol. The van der Waals surface area contributed by atoms with Gasteiger partial charge in [-0.3, -0.25) is 0 Å². The Morgan fingerprint density at radius 3 is 1.96 bits per heavy atom. The first-order valence-corrected chi connectivity index (χ1v) is 9.89. The zero-order valence-electron chi connectivity index (χ0n) is 15.0. The normalized spacial score (nSPS) is 11.0. The molecule has 4 aromatic carbocycles. The van der Waals surface area contributed by atoms with Crippen molar-refractivity contribution in [3.63, 3.8) is 0 Å². The fourth-order valence-corrected chi connectivity index (χ4v) is 5.03. The molecule has 4 heteroatoms. The van der Waals surface area contributed by atoms with Crippen molar-refractivity contribution < 1.29 is 9.68 Å². The first kappa shape index (κ1) is 17.1. The Labute approximate surface area is 168 Å². The molecule has 0 saturated carbocycles. The van der Waals surface area contributed by atoms with Crippen molar-refractivity contribution in [2.75, 3.05) is 0 Å². The van der Waals surface area contributed by atoms with Gasteiger partial charge in [0.25, 0.3) is 0 Å². The van der Waals surface area contributed by atoms with Crippen LogP contribution >= 0.6 is 11.3 Å². The van der Waals surface area contributed by atoms with Gasteiger partial charge in [0.2, 0.25) is 0 Å². The van der Waals surface area contributed by atoms with Crippen LogP contribution in [0.1, 0.15) is 0 Å². The number of hydrogen-bond acceptors (Lipinski definition) is 3. The molecule has 0 fully saturated rings. The smallest absolute Gasteiger partial charge is 0.537 e. The summed E-state index contributed by atoms with van der Waals surface area (Å²) < 4.78 is 7.82. The molecule has 0 aliphatic rings. The molecule has 0 atom stereocenters. The van der Waals surface area contributed by atoms with Crippen LogP contribution < -0.4 is 4.65 Å². The van der Waals surface area contributed by atoms with Crippen LogP contribution in [0.4, 0.5) is 0 Å². The molecule has 133 valence electrons. The monoisotopic (exact) mass is 379 g/mol. The molecule has 1 aromatic heterocycles. The molecule has 1 N–H and O–H groups in total. The van der Waals surface area contributed by atoms with E-state index in [4.69, 9.17) is 9.68 Å². The Morgan fingerprint density at radius 1 is 0.643 bits per heavy atom. The molecule has 28 heavy (non-hydrogen) atoms. The van der Waals surface area contributed by atoms with Crippen LogP contribution in [-0.4, -0.2) is 12.7 Å². The average Bonchev–Trinajstić information content (AvgIpc) is 3.13. The van der Waals surface area contributed by atoms with Gasteiger partial charge in [-0.2, -0.15) is 0 Å². The van der Waals surface area contributed by atoms with Gasteiger partial charge in [-0.25, -0.2) is 0 Å². The van der Waals surface area contributed by atoms with Gasteiger partial charge in [0.1, 0.15) is 5.75 Å².